The lowest BCUT2D eigenvalue weighted by Crippen LogP contribution is -2.21. The first kappa shape index (κ1) is 38.8. The number of hydrogen-bond donors (Lipinski definition) is 0. The third kappa shape index (κ3) is 74.7. The van der Waals surface area contributed by atoms with Gasteiger partial charge in [-0.2, -0.15) is 0 Å². The van der Waals surface area contributed by atoms with Crippen LogP contribution < -0.4 is 0 Å². The first-order valence-electron chi connectivity index (χ1n) is 9.83. The van der Waals surface area contributed by atoms with Gasteiger partial charge in [0.2, 0.25) is 0 Å². The van der Waals surface area contributed by atoms with E-state index in [0.717, 1.165) is 49.2 Å². The number of unbranched alkanes of at least 4 members (excludes halogenated alkanes) is 4. The molecule has 0 radical (unpaired) electrons. The Kier molecular flexibility index (Phi) is 72.8. The van der Waals surface area contributed by atoms with Crippen molar-refractivity contribution in [3.63, 3.8) is 0 Å². The van der Waals surface area contributed by atoms with E-state index in [1.807, 2.05) is 0 Å². The Morgan fingerprint density at radius 2 is 0.667 bits per heavy atom. The quantitative estimate of drug-likeness (QED) is 0.218. The van der Waals surface area contributed by atoms with Gasteiger partial charge in [0.15, 0.2) is 0 Å². The monoisotopic (exact) mass is 490 g/mol. The van der Waals surface area contributed by atoms with E-state index in [2.05, 4.69) is 27.7 Å². The number of halogens is 4. The van der Waals surface area contributed by atoms with E-state index >= 15 is 0 Å². The van der Waals surface area contributed by atoms with Crippen molar-refractivity contribution in [2.45, 2.75) is 79.1 Å². The maximum atomic E-state index is 5.30. The van der Waals surface area contributed by atoms with Crippen molar-refractivity contribution in [1.82, 2.24) is 0 Å². The maximum absolute atomic E-state index is 5.30. The topological polar surface area (TPSA) is 27.7 Å². The molecule has 3 nitrogen and oxygen atoms in total. The molecule has 0 aromatic rings. The molecule has 0 aromatic heterocycles. The second kappa shape index (κ2) is 50.7. The summed E-state index contributed by atoms with van der Waals surface area (Å²) in [5.41, 5.74) is 0. The van der Waals surface area contributed by atoms with Crippen molar-refractivity contribution in [3.05, 3.63) is 0 Å². The summed E-state index contributed by atoms with van der Waals surface area (Å²) in [5, 5.41) is 0. The highest BCUT2D eigenvalue weighted by Gasteiger charge is 2.04. The summed E-state index contributed by atoms with van der Waals surface area (Å²) in [6.07, 6.45) is 9.46. The molecule has 0 bridgehead atoms. The minimum Gasteiger partial charge on any atom is -0.379 e. The van der Waals surface area contributed by atoms with Gasteiger partial charge in [0, 0.05) is 44.8 Å². The summed E-state index contributed by atoms with van der Waals surface area (Å²) in [5.74, 6) is 3.26. The van der Waals surface area contributed by atoms with Crippen molar-refractivity contribution in [1.29, 1.82) is 0 Å². The molecular weight excluding hydrogens is 446 g/mol. The molecule has 0 fully saturated rings. The summed E-state index contributed by atoms with van der Waals surface area (Å²) in [6.45, 7) is 8.51. The first-order chi connectivity index (χ1) is 13.0. The van der Waals surface area contributed by atoms with Crippen LogP contribution in [0.1, 0.15) is 79.1 Å². The van der Waals surface area contributed by atoms with E-state index < -0.39 is 9.53 Å². The zero-order valence-electron chi connectivity index (χ0n) is 18.8. The van der Waals surface area contributed by atoms with Gasteiger partial charge in [-0.25, -0.2) is 0 Å². The van der Waals surface area contributed by atoms with Crippen LogP contribution in [0.2, 0.25) is 0 Å². The first-order valence-corrected chi connectivity index (χ1v) is 13.4. The van der Waals surface area contributed by atoms with Crippen molar-refractivity contribution in [2.75, 3.05) is 44.8 Å². The fourth-order valence-electron chi connectivity index (χ4n) is 0.823. The average Bonchev–Trinajstić information content (AvgIpc) is 2.68. The van der Waals surface area contributed by atoms with Crippen LogP contribution in [-0.4, -0.2) is 54.4 Å². The molecule has 0 aliphatic carbocycles. The molecule has 0 heterocycles. The normalized spacial score (nSPS) is 8.89. The molecule has 0 saturated heterocycles. The molecule has 0 aliphatic heterocycles. The van der Waals surface area contributed by atoms with Gasteiger partial charge >= 0.3 is 9.53 Å². The van der Waals surface area contributed by atoms with E-state index in [4.69, 9.17) is 59.7 Å². The van der Waals surface area contributed by atoms with Crippen LogP contribution >= 0.6 is 46.4 Å². The lowest BCUT2D eigenvalue weighted by atomic mass is 10.4. The Labute approximate surface area is 192 Å². The number of alkyl halides is 4. The average molecular weight is 492 g/mol. The standard InChI is InChI=1S/4C4H9Cl.C3H10O3Si/c4*1-2-3-4-5;1-4-7(5-2)6-3/h4*2-4H2,1H3;7H,1-3H3. The van der Waals surface area contributed by atoms with Crippen LogP contribution in [0.25, 0.3) is 0 Å². The highest BCUT2D eigenvalue weighted by Crippen LogP contribution is 1.88. The molecule has 27 heavy (non-hydrogen) atoms. The fraction of sp³-hybridized carbons (Fsp3) is 1.00. The van der Waals surface area contributed by atoms with E-state index in [0.29, 0.717) is 0 Å². The van der Waals surface area contributed by atoms with Crippen molar-refractivity contribution >= 4 is 55.9 Å². The largest absolute Gasteiger partial charge is 0.483 e. The van der Waals surface area contributed by atoms with E-state index in [9.17, 15) is 0 Å². The van der Waals surface area contributed by atoms with E-state index in [1.165, 1.54) is 25.7 Å². The number of hydrogen-bond acceptors (Lipinski definition) is 3. The second-order valence-corrected chi connectivity index (χ2v) is 8.67. The third-order valence-electron chi connectivity index (χ3n) is 2.53. The molecule has 0 N–H and O–H groups in total. The van der Waals surface area contributed by atoms with Crippen molar-refractivity contribution in [2.24, 2.45) is 0 Å². The highest BCUT2D eigenvalue weighted by molar-refractivity contribution is 6.36. The lowest BCUT2D eigenvalue weighted by Gasteiger charge is -2.05. The molecule has 8 heteroatoms. The maximum Gasteiger partial charge on any atom is 0.483 e. The second-order valence-electron chi connectivity index (χ2n) is 5.17. The Morgan fingerprint density at radius 1 is 0.481 bits per heavy atom. The summed E-state index contributed by atoms with van der Waals surface area (Å²) >= 11 is 21.2. The van der Waals surface area contributed by atoms with Crippen LogP contribution in [0.3, 0.4) is 0 Å². The third-order valence-corrected chi connectivity index (χ3v) is 4.75. The summed E-state index contributed by atoms with van der Waals surface area (Å²) < 4.78 is 14.2. The molecule has 0 aromatic carbocycles. The van der Waals surface area contributed by atoms with Crippen LogP contribution in [0.15, 0.2) is 0 Å². The predicted octanol–water partition coefficient (Wildman–Crippen LogP) is 7.74. The summed E-state index contributed by atoms with van der Waals surface area (Å²) in [4.78, 5) is 0. The van der Waals surface area contributed by atoms with Gasteiger partial charge < -0.3 is 13.3 Å². The molecule has 0 atom stereocenters. The molecule has 0 spiro atoms. The van der Waals surface area contributed by atoms with Gasteiger partial charge in [-0.1, -0.05) is 53.4 Å². The van der Waals surface area contributed by atoms with Gasteiger partial charge in [-0.3, -0.25) is 0 Å². The summed E-state index contributed by atoms with van der Waals surface area (Å²) in [7, 11) is 3.05. The Hall–Kier alpha value is 1.26. The van der Waals surface area contributed by atoms with Crippen LogP contribution in [-0.2, 0) is 13.3 Å². The Balaban J connectivity index is -0.0000000753. The predicted molar refractivity (Wildman–Crippen MR) is 131 cm³/mol. The van der Waals surface area contributed by atoms with Crippen LogP contribution in [0.4, 0.5) is 0 Å². The van der Waals surface area contributed by atoms with Crippen molar-refractivity contribution < 1.29 is 13.3 Å². The van der Waals surface area contributed by atoms with E-state index in [1.54, 1.807) is 21.3 Å². The molecule has 0 unspecified atom stereocenters. The summed E-state index contributed by atoms with van der Waals surface area (Å²) in [6, 6.07) is 0. The fourth-order valence-corrected chi connectivity index (χ4v) is 2.47. The smallest absolute Gasteiger partial charge is 0.379 e. The highest BCUT2D eigenvalue weighted by atomic mass is 35.5. The Bertz CT molecular complexity index is 144. The minimum absolute atomic E-state index is 0.816. The lowest BCUT2D eigenvalue weighted by molar-refractivity contribution is 0.163. The SMILES string of the molecule is CCCCCl.CCCCCl.CCCCCl.CCCCCl.CO[SiH](OC)OC. The molecule has 172 valence electrons. The minimum atomic E-state index is -1.67. The van der Waals surface area contributed by atoms with Gasteiger partial charge in [-0.15, -0.1) is 46.4 Å². The zero-order chi connectivity index (χ0) is 22.2. The van der Waals surface area contributed by atoms with Gasteiger partial charge in [0.05, 0.1) is 0 Å². The molecule has 0 amide bonds. The zero-order valence-corrected chi connectivity index (χ0v) is 23.0. The van der Waals surface area contributed by atoms with Gasteiger partial charge in [0.25, 0.3) is 0 Å². The van der Waals surface area contributed by atoms with Crippen molar-refractivity contribution in [3.8, 4) is 0 Å². The van der Waals surface area contributed by atoms with Crippen LogP contribution in [0.5, 0.6) is 0 Å². The molecule has 0 rings (SSSR count). The van der Waals surface area contributed by atoms with E-state index in [-0.39, 0.29) is 0 Å². The van der Waals surface area contributed by atoms with Gasteiger partial charge in [0.1, 0.15) is 0 Å². The molecular formula is C19H46Cl4O3Si. The Morgan fingerprint density at radius 3 is 0.667 bits per heavy atom. The van der Waals surface area contributed by atoms with Gasteiger partial charge in [-0.05, 0) is 25.7 Å². The molecule has 0 aliphatic rings. The van der Waals surface area contributed by atoms with Crippen LogP contribution in [0, 0.1) is 0 Å². The number of rotatable bonds is 11. The molecule has 0 saturated carbocycles.